The minimum atomic E-state index is -3.16. The summed E-state index contributed by atoms with van der Waals surface area (Å²) in [6, 6.07) is 7.03. The minimum absolute atomic E-state index is 0.257. The van der Waals surface area contributed by atoms with Crippen molar-refractivity contribution in [2.75, 3.05) is 32.9 Å². The van der Waals surface area contributed by atoms with Gasteiger partial charge in [0.2, 0.25) is 0 Å². The Balaban J connectivity index is 1.57. The van der Waals surface area contributed by atoms with Gasteiger partial charge in [0.1, 0.15) is 0 Å². The Morgan fingerprint density at radius 1 is 1.00 bits per heavy atom. The van der Waals surface area contributed by atoms with E-state index in [1.54, 1.807) is 19.2 Å². The molecule has 1 saturated carbocycles. The van der Waals surface area contributed by atoms with Crippen molar-refractivity contribution in [2.24, 2.45) is 4.99 Å². The number of guanidine groups is 1. The molecule has 0 bridgehead atoms. The van der Waals surface area contributed by atoms with Crippen LogP contribution in [0.5, 0.6) is 0 Å². The Labute approximate surface area is 176 Å². The van der Waals surface area contributed by atoms with E-state index in [1.807, 2.05) is 12.1 Å². The number of benzene rings is 1. The Bertz CT molecular complexity index is 778. The molecule has 1 aromatic rings. The summed E-state index contributed by atoms with van der Waals surface area (Å²) >= 11 is 0. The lowest BCUT2D eigenvalue weighted by molar-refractivity contribution is 0.0368. The van der Waals surface area contributed by atoms with E-state index < -0.39 is 9.84 Å². The van der Waals surface area contributed by atoms with Gasteiger partial charge in [0, 0.05) is 31.9 Å². The highest BCUT2D eigenvalue weighted by Crippen LogP contribution is 2.35. The number of piperidine rings is 1. The molecule has 0 aromatic heterocycles. The third-order valence-corrected chi connectivity index (χ3v) is 7.56. The molecule has 1 aliphatic heterocycles. The predicted octanol–water partition coefficient (Wildman–Crippen LogP) is 2.94. The molecule has 1 heterocycles. The Morgan fingerprint density at radius 2 is 1.62 bits per heavy atom. The first-order chi connectivity index (χ1) is 13.9. The second-order valence-electron chi connectivity index (χ2n) is 8.53. The fourth-order valence-corrected chi connectivity index (χ4v) is 5.32. The highest BCUT2D eigenvalue weighted by Gasteiger charge is 2.38. The second-order valence-corrected chi connectivity index (χ2v) is 10.5. The van der Waals surface area contributed by atoms with Crippen molar-refractivity contribution in [2.45, 2.75) is 68.3 Å². The molecule has 162 valence electrons. The number of nitrogens with one attached hydrogen (secondary N) is 2. The Kier molecular flexibility index (Phi) is 7.57. The van der Waals surface area contributed by atoms with Crippen LogP contribution in [0, 0.1) is 0 Å². The molecule has 0 radical (unpaired) electrons. The van der Waals surface area contributed by atoms with Crippen molar-refractivity contribution in [1.29, 1.82) is 0 Å². The maximum Gasteiger partial charge on any atom is 0.191 e. The molecule has 1 aromatic carbocycles. The molecule has 0 spiro atoms. The van der Waals surface area contributed by atoms with Crippen LogP contribution in [-0.4, -0.2) is 57.8 Å². The van der Waals surface area contributed by atoms with E-state index in [9.17, 15) is 8.42 Å². The SMILES string of the molecule is CN=C(NCc1ccc(S(C)(=O)=O)cc1)NCC1(N2CCCCC2)CCCCC1. The summed E-state index contributed by atoms with van der Waals surface area (Å²) in [6.45, 7) is 3.99. The van der Waals surface area contributed by atoms with Crippen LogP contribution in [0.15, 0.2) is 34.2 Å². The maximum atomic E-state index is 11.6. The smallest absolute Gasteiger partial charge is 0.191 e. The third-order valence-electron chi connectivity index (χ3n) is 6.43. The van der Waals surface area contributed by atoms with E-state index in [-0.39, 0.29) is 5.54 Å². The summed E-state index contributed by atoms with van der Waals surface area (Å²) in [5, 5.41) is 6.96. The average molecular weight is 421 g/mol. The van der Waals surface area contributed by atoms with Crippen LogP contribution in [0.3, 0.4) is 0 Å². The van der Waals surface area contributed by atoms with Gasteiger partial charge in [-0.3, -0.25) is 9.89 Å². The van der Waals surface area contributed by atoms with Gasteiger partial charge in [-0.25, -0.2) is 8.42 Å². The molecule has 2 N–H and O–H groups in total. The molecule has 3 rings (SSSR count). The molecule has 7 heteroatoms. The largest absolute Gasteiger partial charge is 0.355 e. The summed E-state index contributed by atoms with van der Waals surface area (Å²) in [4.78, 5) is 7.49. The fourth-order valence-electron chi connectivity index (χ4n) is 4.69. The van der Waals surface area contributed by atoms with Gasteiger partial charge in [-0.05, 0) is 56.5 Å². The third kappa shape index (κ3) is 5.95. The number of hydrogen-bond acceptors (Lipinski definition) is 4. The van der Waals surface area contributed by atoms with E-state index >= 15 is 0 Å². The quantitative estimate of drug-likeness (QED) is 0.547. The van der Waals surface area contributed by atoms with Crippen LogP contribution < -0.4 is 10.6 Å². The van der Waals surface area contributed by atoms with Crippen molar-refractivity contribution in [3.8, 4) is 0 Å². The zero-order valence-corrected chi connectivity index (χ0v) is 18.7. The number of sulfone groups is 1. The molecule has 0 unspecified atom stereocenters. The number of likely N-dealkylation sites (tertiary alicyclic amines) is 1. The lowest BCUT2D eigenvalue weighted by atomic mass is 9.79. The highest BCUT2D eigenvalue weighted by molar-refractivity contribution is 7.90. The standard InChI is InChI=1S/C22H36N4O2S/c1-23-21(24-17-19-9-11-20(12-10-19)29(2,27)28)25-18-22(13-5-3-6-14-22)26-15-7-4-8-16-26/h9-12H,3-8,13-18H2,1-2H3,(H2,23,24,25). The normalized spacial score (nSPS) is 21.0. The molecule has 29 heavy (non-hydrogen) atoms. The summed E-state index contributed by atoms with van der Waals surface area (Å²) in [5.41, 5.74) is 1.29. The highest BCUT2D eigenvalue weighted by atomic mass is 32.2. The van der Waals surface area contributed by atoms with Crippen LogP contribution in [0.4, 0.5) is 0 Å². The number of nitrogens with zero attached hydrogens (tertiary/aromatic N) is 2. The average Bonchev–Trinajstić information content (AvgIpc) is 2.75. The molecule has 0 amide bonds. The monoisotopic (exact) mass is 420 g/mol. The van der Waals surface area contributed by atoms with E-state index in [2.05, 4.69) is 20.5 Å². The second kappa shape index (κ2) is 9.94. The van der Waals surface area contributed by atoms with Gasteiger partial charge in [-0.1, -0.05) is 37.8 Å². The first-order valence-corrected chi connectivity index (χ1v) is 12.8. The molecular weight excluding hydrogens is 384 g/mol. The van der Waals surface area contributed by atoms with Gasteiger partial charge >= 0.3 is 0 Å². The van der Waals surface area contributed by atoms with Crippen LogP contribution in [-0.2, 0) is 16.4 Å². The minimum Gasteiger partial charge on any atom is -0.355 e. The first-order valence-electron chi connectivity index (χ1n) is 10.9. The molecule has 1 saturated heterocycles. The van der Waals surface area contributed by atoms with Crippen LogP contribution in [0.25, 0.3) is 0 Å². The van der Waals surface area contributed by atoms with Crippen molar-refractivity contribution in [3.05, 3.63) is 29.8 Å². The van der Waals surface area contributed by atoms with Crippen LogP contribution in [0.2, 0.25) is 0 Å². The summed E-state index contributed by atoms with van der Waals surface area (Å²) < 4.78 is 23.2. The van der Waals surface area contributed by atoms with E-state index in [1.165, 1.54) is 70.7 Å². The lowest BCUT2D eigenvalue weighted by Crippen LogP contribution is -2.59. The summed E-state index contributed by atoms with van der Waals surface area (Å²) in [5.74, 6) is 0.805. The van der Waals surface area contributed by atoms with Crippen LogP contribution in [0.1, 0.15) is 56.9 Å². The molecule has 0 atom stereocenters. The van der Waals surface area contributed by atoms with Crippen molar-refractivity contribution >= 4 is 15.8 Å². The molecule has 1 aliphatic carbocycles. The molecule has 6 nitrogen and oxygen atoms in total. The van der Waals surface area contributed by atoms with Crippen molar-refractivity contribution < 1.29 is 8.42 Å². The Hall–Kier alpha value is -1.60. The maximum absolute atomic E-state index is 11.6. The van der Waals surface area contributed by atoms with E-state index in [0.29, 0.717) is 11.4 Å². The number of rotatable bonds is 6. The molecular formula is C22H36N4O2S. The van der Waals surface area contributed by atoms with Crippen molar-refractivity contribution in [3.63, 3.8) is 0 Å². The zero-order chi connectivity index (χ0) is 20.7. The zero-order valence-electron chi connectivity index (χ0n) is 17.9. The summed E-state index contributed by atoms with van der Waals surface area (Å²) in [6.07, 6.45) is 11.8. The van der Waals surface area contributed by atoms with Crippen molar-refractivity contribution in [1.82, 2.24) is 15.5 Å². The first kappa shape index (κ1) is 22.1. The lowest BCUT2D eigenvalue weighted by Gasteiger charge is -2.48. The van der Waals surface area contributed by atoms with Gasteiger partial charge < -0.3 is 10.6 Å². The number of hydrogen-bond donors (Lipinski definition) is 2. The van der Waals surface area contributed by atoms with Gasteiger partial charge in [0.05, 0.1) is 4.90 Å². The van der Waals surface area contributed by atoms with Gasteiger partial charge in [0.15, 0.2) is 15.8 Å². The molecule has 2 aliphatic rings. The van der Waals surface area contributed by atoms with E-state index in [4.69, 9.17) is 0 Å². The van der Waals surface area contributed by atoms with Gasteiger partial charge in [-0.15, -0.1) is 0 Å². The van der Waals surface area contributed by atoms with Gasteiger partial charge in [-0.2, -0.15) is 0 Å². The van der Waals surface area contributed by atoms with E-state index in [0.717, 1.165) is 18.1 Å². The topological polar surface area (TPSA) is 73.8 Å². The summed E-state index contributed by atoms with van der Waals surface area (Å²) in [7, 11) is -1.35. The Morgan fingerprint density at radius 3 is 2.21 bits per heavy atom. The van der Waals surface area contributed by atoms with Gasteiger partial charge in [0.25, 0.3) is 0 Å². The fraction of sp³-hybridized carbons (Fsp3) is 0.682. The molecule has 2 fully saturated rings. The predicted molar refractivity (Wildman–Crippen MR) is 119 cm³/mol. The van der Waals surface area contributed by atoms with Crippen LogP contribution >= 0.6 is 0 Å². The number of aliphatic imine (C=N–C) groups is 1.